The number of nitrogens with one attached hydrogen (secondary N) is 1. The van der Waals surface area contributed by atoms with E-state index in [0.29, 0.717) is 16.6 Å². The van der Waals surface area contributed by atoms with E-state index in [-0.39, 0.29) is 30.9 Å². The van der Waals surface area contributed by atoms with Crippen molar-refractivity contribution in [1.29, 1.82) is 0 Å². The highest BCUT2D eigenvalue weighted by Crippen LogP contribution is 2.28. The van der Waals surface area contributed by atoms with Crippen molar-refractivity contribution in [2.45, 2.75) is 26.3 Å². The Labute approximate surface area is 155 Å². The molecule has 0 bridgehead atoms. The molecule has 0 aliphatic rings. The second-order valence-corrected chi connectivity index (χ2v) is 6.98. The number of esters is 1. The van der Waals surface area contributed by atoms with E-state index in [1.54, 1.807) is 28.3 Å². The van der Waals surface area contributed by atoms with E-state index < -0.39 is 0 Å². The smallest absolute Gasteiger partial charge is 0.307 e. The van der Waals surface area contributed by atoms with Crippen LogP contribution in [0.3, 0.4) is 0 Å². The first-order valence-corrected chi connectivity index (χ1v) is 9.16. The number of fused-ring (bicyclic) bond motifs is 1. The zero-order valence-corrected chi connectivity index (χ0v) is 15.7. The number of pyridine rings is 1. The molecule has 1 amide bonds. The Kier molecular flexibility index (Phi) is 5.32. The van der Waals surface area contributed by atoms with Crippen LogP contribution in [0.15, 0.2) is 29.8 Å². The van der Waals surface area contributed by atoms with Crippen LogP contribution in [0.2, 0.25) is 0 Å². The third-order valence-electron chi connectivity index (χ3n) is 3.92. The van der Waals surface area contributed by atoms with Crippen LogP contribution >= 0.6 is 11.3 Å². The molecule has 0 spiro atoms. The lowest BCUT2D eigenvalue weighted by Gasteiger charge is -2.10. The molecule has 0 aromatic carbocycles. The van der Waals surface area contributed by atoms with Crippen molar-refractivity contribution >= 4 is 34.2 Å². The quantitative estimate of drug-likeness (QED) is 0.672. The number of aromatic nitrogens is 3. The van der Waals surface area contributed by atoms with Crippen molar-refractivity contribution in [3.05, 3.63) is 35.3 Å². The summed E-state index contributed by atoms with van der Waals surface area (Å²) in [5.74, 6) is -0.625. The minimum Gasteiger partial charge on any atom is -0.469 e. The van der Waals surface area contributed by atoms with Crippen LogP contribution in [0.4, 0.5) is 0 Å². The summed E-state index contributed by atoms with van der Waals surface area (Å²) in [6.07, 6.45) is 1.79. The summed E-state index contributed by atoms with van der Waals surface area (Å²) in [6, 6.07) is 5.80. The number of amides is 1. The van der Waals surface area contributed by atoms with Gasteiger partial charge in [0.15, 0.2) is 5.65 Å². The number of methoxy groups -OCH3 is 1. The first-order valence-electron chi connectivity index (χ1n) is 8.28. The van der Waals surface area contributed by atoms with Gasteiger partial charge >= 0.3 is 5.97 Å². The predicted octanol–water partition coefficient (Wildman–Crippen LogP) is 3.03. The lowest BCUT2D eigenvalue weighted by molar-refractivity contribution is -0.140. The average Bonchev–Trinajstić information content (AvgIpc) is 3.29. The Balaban J connectivity index is 2.00. The summed E-state index contributed by atoms with van der Waals surface area (Å²) in [7, 11) is 1.32. The number of nitrogens with zero attached hydrogens (tertiary/aromatic N) is 3. The Bertz CT molecular complexity index is 931. The summed E-state index contributed by atoms with van der Waals surface area (Å²) < 4.78 is 6.40. The van der Waals surface area contributed by atoms with Gasteiger partial charge in [0.2, 0.25) is 0 Å². The van der Waals surface area contributed by atoms with Crippen molar-refractivity contribution in [2.75, 3.05) is 13.7 Å². The Morgan fingerprint density at radius 2 is 2.19 bits per heavy atom. The fourth-order valence-corrected chi connectivity index (χ4v) is 3.30. The number of hydrogen-bond acceptors (Lipinski definition) is 6. The van der Waals surface area contributed by atoms with Crippen molar-refractivity contribution in [1.82, 2.24) is 20.1 Å². The second-order valence-electron chi connectivity index (χ2n) is 6.03. The summed E-state index contributed by atoms with van der Waals surface area (Å²) in [5, 5.41) is 9.81. The molecular weight excluding hydrogens is 352 g/mol. The summed E-state index contributed by atoms with van der Waals surface area (Å²) in [5.41, 5.74) is 1.90. The van der Waals surface area contributed by atoms with Gasteiger partial charge in [-0.15, -0.1) is 11.3 Å². The maximum absolute atomic E-state index is 12.7. The van der Waals surface area contributed by atoms with Crippen molar-refractivity contribution in [3.8, 4) is 10.6 Å². The first-order chi connectivity index (χ1) is 12.5. The maximum atomic E-state index is 12.7. The highest BCUT2D eigenvalue weighted by molar-refractivity contribution is 7.13. The van der Waals surface area contributed by atoms with E-state index in [1.807, 2.05) is 31.4 Å². The van der Waals surface area contributed by atoms with Crippen LogP contribution in [0.1, 0.15) is 36.7 Å². The van der Waals surface area contributed by atoms with Gasteiger partial charge in [0.1, 0.15) is 0 Å². The number of carbonyl (C=O) groups is 2. The molecule has 7 nitrogen and oxygen atoms in total. The highest BCUT2D eigenvalue weighted by Gasteiger charge is 2.19. The topological polar surface area (TPSA) is 86.1 Å². The predicted molar refractivity (Wildman–Crippen MR) is 100 cm³/mol. The van der Waals surface area contributed by atoms with Crippen LogP contribution in [-0.2, 0) is 9.53 Å². The number of thiophene rings is 1. The Morgan fingerprint density at radius 1 is 1.38 bits per heavy atom. The van der Waals surface area contributed by atoms with E-state index in [1.165, 1.54) is 7.11 Å². The molecule has 3 rings (SSSR count). The fourth-order valence-electron chi connectivity index (χ4n) is 2.61. The summed E-state index contributed by atoms with van der Waals surface area (Å²) in [6.45, 7) is 4.24. The van der Waals surface area contributed by atoms with Gasteiger partial charge < -0.3 is 10.1 Å². The molecule has 0 aliphatic heterocycles. The molecule has 136 valence electrons. The van der Waals surface area contributed by atoms with Crippen molar-refractivity contribution < 1.29 is 14.3 Å². The van der Waals surface area contributed by atoms with Gasteiger partial charge in [-0.25, -0.2) is 9.67 Å². The van der Waals surface area contributed by atoms with Gasteiger partial charge in [0, 0.05) is 12.6 Å². The molecule has 0 radical (unpaired) electrons. The van der Waals surface area contributed by atoms with E-state index in [4.69, 9.17) is 4.98 Å². The number of rotatable bonds is 6. The summed E-state index contributed by atoms with van der Waals surface area (Å²) in [4.78, 5) is 29.6. The molecule has 0 saturated carbocycles. The maximum Gasteiger partial charge on any atom is 0.307 e. The number of hydrogen-bond donors (Lipinski definition) is 1. The first kappa shape index (κ1) is 18.1. The van der Waals surface area contributed by atoms with Crippen molar-refractivity contribution in [3.63, 3.8) is 0 Å². The molecule has 0 fully saturated rings. The monoisotopic (exact) mass is 372 g/mol. The zero-order chi connectivity index (χ0) is 18.7. The van der Waals surface area contributed by atoms with Gasteiger partial charge in [0.25, 0.3) is 5.91 Å². The van der Waals surface area contributed by atoms with Crippen LogP contribution in [-0.4, -0.2) is 40.3 Å². The molecule has 0 unspecified atom stereocenters. The standard InChI is InChI=1S/C18H20N4O3S/c1-11(2)22-17-13(10-20-22)12(18(24)19-7-6-16(23)25-3)9-14(21-17)15-5-4-8-26-15/h4-5,8-11H,6-7H2,1-3H3,(H,19,24). The van der Waals surface area contributed by atoms with Crippen LogP contribution in [0.5, 0.6) is 0 Å². The van der Waals surface area contributed by atoms with Crippen molar-refractivity contribution in [2.24, 2.45) is 0 Å². The SMILES string of the molecule is COC(=O)CCNC(=O)c1cc(-c2cccs2)nc2c1cnn2C(C)C. The molecule has 1 N–H and O–H groups in total. The Hall–Kier alpha value is -2.74. The molecule has 26 heavy (non-hydrogen) atoms. The van der Waals surface area contributed by atoms with Gasteiger partial charge in [-0.05, 0) is 31.4 Å². The molecular formula is C18H20N4O3S. The minimum atomic E-state index is -0.364. The molecule has 0 saturated heterocycles. The molecule has 3 heterocycles. The zero-order valence-electron chi connectivity index (χ0n) is 14.9. The lowest BCUT2D eigenvalue weighted by Crippen LogP contribution is -2.26. The normalized spacial score (nSPS) is 11.1. The Morgan fingerprint density at radius 3 is 2.85 bits per heavy atom. The van der Waals surface area contributed by atoms with Crippen LogP contribution in [0.25, 0.3) is 21.6 Å². The number of carbonyl (C=O) groups excluding carboxylic acids is 2. The van der Waals surface area contributed by atoms with E-state index >= 15 is 0 Å². The van der Waals surface area contributed by atoms with Crippen LogP contribution in [0, 0.1) is 0 Å². The average molecular weight is 372 g/mol. The van der Waals surface area contributed by atoms with Gasteiger partial charge in [-0.2, -0.15) is 5.10 Å². The molecule has 3 aromatic rings. The minimum absolute atomic E-state index is 0.119. The number of ether oxygens (including phenoxy) is 1. The fraction of sp³-hybridized carbons (Fsp3) is 0.333. The molecule has 0 atom stereocenters. The van der Waals surface area contributed by atoms with Gasteiger partial charge in [-0.3, -0.25) is 9.59 Å². The lowest BCUT2D eigenvalue weighted by atomic mass is 10.1. The third-order valence-corrected chi connectivity index (χ3v) is 4.81. The second kappa shape index (κ2) is 7.65. The van der Waals surface area contributed by atoms with Gasteiger partial charge in [0.05, 0.1) is 41.2 Å². The highest BCUT2D eigenvalue weighted by atomic mass is 32.1. The molecule has 0 aliphatic carbocycles. The van der Waals surface area contributed by atoms with Crippen LogP contribution < -0.4 is 5.32 Å². The summed E-state index contributed by atoms with van der Waals surface area (Å²) >= 11 is 1.56. The largest absolute Gasteiger partial charge is 0.469 e. The third kappa shape index (κ3) is 3.60. The van der Waals surface area contributed by atoms with E-state index in [2.05, 4.69) is 15.2 Å². The van der Waals surface area contributed by atoms with E-state index in [0.717, 1.165) is 10.6 Å². The van der Waals surface area contributed by atoms with Gasteiger partial charge in [-0.1, -0.05) is 6.07 Å². The molecule has 3 aromatic heterocycles. The molecule has 8 heteroatoms. The van der Waals surface area contributed by atoms with E-state index in [9.17, 15) is 9.59 Å².